The van der Waals surface area contributed by atoms with Gasteiger partial charge >= 0.3 is 6.61 Å². The maximum absolute atomic E-state index is 13.2. The van der Waals surface area contributed by atoms with Crippen molar-refractivity contribution in [2.45, 2.75) is 20.5 Å². The summed E-state index contributed by atoms with van der Waals surface area (Å²) in [5.74, 6) is 0.270. The number of methoxy groups -OCH3 is 1. The minimum Gasteiger partial charge on any atom is -0.497 e. The highest BCUT2D eigenvalue weighted by Crippen LogP contribution is 2.35. The maximum Gasteiger partial charge on any atom is 0.387 e. The number of nitrogens with one attached hydrogen (secondary N) is 1. The first kappa shape index (κ1) is 22.2. The molecule has 2 aromatic heterocycles. The van der Waals surface area contributed by atoms with Crippen LogP contribution in [0.5, 0.6) is 11.5 Å². The zero-order valence-electron chi connectivity index (χ0n) is 18.5. The third-order valence-electron chi connectivity index (χ3n) is 5.20. The number of alkyl halides is 2. The minimum atomic E-state index is -2.98. The first-order valence-corrected chi connectivity index (χ1v) is 10.1. The second-order valence-corrected chi connectivity index (χ2v) is 7.49. The summed E-state index contributed by atoms with van der Waals surface area (Å²) in [5.41, 5.74) is 3.87. The summed E-state index contributed by atoms with van der Waals surface area (Å²) in [6, 6.07) is 13.1. The lowest BCUT2D eigenvalue weighted by atomic mass is 10.0. The van der Waals surface area contributed by atoms with Crippen molar-refractivity contribution in [3.8, 4) is 22.6 Å². The van der Waals surface area contributed by atoms with Gasteiger partial charge in [0, 0.05) is 24.0 Å². The fourth-order valence-electron chi connectivity index (χ4n) is 3.75. The first-order chi connectivity index (χ1) is 15.8. The molecule has 7 nitrogen and oxygen atoms in total. The van der Waals surface area contributed by atoms with Crippen LogP contribution in [0.15, 0.2) is 48.5 Å². The van der Waals surface area contributed by atoms with E-state index in [1.165, 1.54) is 19.2 Å². The Bertz CT molecular complexity index is 1330. The van der Waals surface area contributed by atoms with E-state index in [1.807, 2.05) is 6.92 Å². The van der Waals surface area contributed by atoms with Gasteiger partial charge in [-0.25, -0.2) is 4.98 Å². The van der Waals surface area contributed by atoms with E-state index in [-0.39, 0.29) is 11.7 Å². The molecule has 0 unspecified atom stereocenters. The standard InChI is InChI=1S/C24H22F2N4O3/c1-13-11-19(21-14(2)29-30(3)22(21)27-13)23(31)28-16-7-10-20(33-24(25)26)18(12-16)15-5-8-17(32-4)9-6-15/h5-12,24H,1-4H3,(H,28,31). The summed E-state index contributed by atoms with van der Waals surface area (Å²) in [6.07, 6.45) is 0. The van der Waals surface area contributed by atoms with Crippen molar-refractivity contribution in [3.63, 3.8) is 0 Å². The normalized spacial score (nSPS) is 11.1. The zero-order valence-corrected chi connectivity index (χ0v) is 18.5. The van der Waals surface area contributed by atoms with Crippen LogP contribution in [0, 0.1) is 13.8 Å². The van der Waals surface area contributed by atoms with Crippen molar-refractivity contribution in [2.75, 3.05) is 12.4 Å². The number of halogens is 2. The zero-order chi connectivity index (χ0) is 23.7. The molecule has 0 bridgehead atoms. The molecule has 2 heterocycles. The third kappa shape index (κ3) is 4.48. The molecule has 1 N–H and O–H groups in total. The molecule has 0 fully saturated rings. The van der Waals surface area contributed by atoms with Crippen LogP contribution in [0.25, 0.3) is 22.2 Å². The number of anilines is 1. The van der Waals surface area contributed by atoms with Crippen LogP contribution in [0.2, 0.25) is 0 Å². The fraction of sp³-hybridized carbons (Fsp3) is 0.208. The van der Waals surface area contributed by atoms with E-state index in [4.69, 9.17) is 9.47 Å². The van der Waals surface area contributed by atoms with Gasteiger partial charge in [-0.15, -0.1) is 0 Å². The van der Waals surface area contributed by atoms with Gasteiger partial charge in [0.2, 0.25) is 0 Å². The second-order valence-electron chi connectivity index (χ2n) is 7.49. The lowest BCUT2D eigenvalue weighted by Crippen LogP contribution is -2.13. The first-order valence-electron chi connectivity index (χ1n) is 10.1. The average Bonchev–Trinajstić information content (AvgIpc) is 3.07. The number of ether oxygens (including phenoxy) is 2. The van der Waals surface area contributed by atoms with Crippen molar-refractivity contribution < 1.29 is 23.0 Å². The molecule has 0 spiro atoms. The number of carbonyl (C=O) groups excluding carboxylic acids is 1. The summed E-state index contributed by atoms with van der Waals surface area (Å²) in [7, 11) is 3.31. The molecular weight excluding hydrogens is 430 g/mol. The van der Waals surface area contributed by atoms with Crippen molar-refractivity contribution in [2.24, 2.45) is 7.05 Å². The summed E-state index contributed by atoms with van der Waals surface area (Å²) in [6.45, 7) is 0.634. The Labute approximate surface area is 189 Å². The molecule has 4 aromatic rings. The topological polar surface area (TPSA) is 78.3 Å². The average molecular weight is 452 g/mol. The molecule has 33 heavy (non-hydrogen) atoms. The molecule has 9 heteroatoms. The molecule has 0 radical (unpaired) electrons. The van der Waals surface area contributed by atoms with Crippen molar-refractivity contribution in [1.82, 2.24) is 14.8 Å². The van der Waals surface area contributed by atoms with E-state index in [0.717, 1.165) is 0 Å². The van der Waals surface area contributed by atoms with Crippen molar-refractivity contribution in [3.05, 3.63) is 65.5 Å². The SMILES string of the molecule is COc1ccc(-c2cc(NC(=O)c3cc(C)nc4c3c(C)nn4C)ccc2OC(F)F)cc1. The van der Waals surface area contributed by atoms with Crippen LogP contribution in [-0.4, -0.2) is 34.4 Å². The smallest absolute Gasteiger partial charge is 0.387 e. The van der Waals surface area contributed by atoms with E-state index < -0.39 is 6.61 Å². The predicted molar refractivity (Wildman–Crippen MR) is 121 cm³/mol. The number of aromatic nitrogens is 3. The Morgan fingerprint density at radius 1 is 1.09 bits per heavy atom. The number of fused-ring (bicyclic) bond motifs is 1. The highest BCUT2D eigenvalue weighted by atomic mass is 19.3. The minimum absolute atomic E-state index is 0.00147. The molecule has 0 saturated carbocycles. The van der Waals surface area contributed by atoms with Crippen molar-refractivity contribution >= 4 is 22.6 Å². The van der Waals surface area contributed by atoms with Gasteiger partial charge in [-0.3, -0.25) is 9.48 Å². The number of hydrogen-bond acceptors (Lipinski definition) is 5. The summed E-state index contributed by atoms with van der Waals surface area (Å²) < 4.78 is 37.4. The van der Waals surface area contributed by atoms with Gasteiger partial charge in [-0.05, 0) is 55.8 Å². The van der Waals surface area contributed by atoms with Crippen LogP contribution in [-0.2, 0) is 7.05 Å². The Kier molecular flexibility index (Phi) is 5.95. The fourth-order valence-corrected chi connectivity index (χ4v) is 3.75. The molecule has 0 aliphatic carbocycles. The van der Waals surface area contributed by atoms with Crippen LogP contribution < -0.4 is 14.8 Å². The quantitative estimate of drug-likeness (QED) is 0.440. The highest BCUT2D eigenvalue weighted by molar-refractivity contribution is 6.12. The summed E-state index contributed by atoms with van der Waals surface area (Å²) in [4.78, 5) is 17.7. The van der Waals surface area contributed by atoms with Gasteiger partial charge in [-0.2, -0.15) is 13.9 Å². The Morgan fingerprint density at radius 3 is 2.48 bits per heavy atom. The number of nitrogens with zero attached hydrogens (tertiary/aromatic N) is 3. The molecule has 4 rings (SSSR count). The molecular formula is C24H22F2N4O3. The van der Waals surface area contributed by atoms with Crippen molar-refractivity contribution in [1.29, 1.82) is 0 Å². The number of hydrogen-bond donors (Lipinski definition) is 1. The number of pyridine rings is 1. The van der Waals surface area contributed by atoms with Crippen LogP contribution >= 0.6 is 0 Å². The molecule has 170 valence electrons. The lowest BCUT2D eigenvalue weighted by molar-refractivity contribution is -0.0494. The molecule has 1 amide bonds. The van der Waals surface area contributed by atoms with Crippen LogP contribution in [0.3, 0.4) is 0 Å². The Balaban J connectivity index is 1.73. The third-order valence-corrected chi connectivity index (χ3v) is 5.20. The second kappa shape index (κ2) is 8.85. The van der Waals surface area contributed by atoms with Gasteiger partial charge in [-0.1, -0.05) is 12.1 Å². The largest absolute Gasteiger partial charge is 0.497 e. The van der Waals surface area contributed by atoms with E-state index >= 15 is 0 Å². The Hall–Kier alpha value is -4.01. The van der Waals surface area contributed by atoms with Gasteiger partial charge in [0.05, 0.1) is 23.8 Å². The van der Waals surface area contributed by atoms with Gasteiger partial charge in [0.15, 0.2) is 5.65 Å². The maximum atomic E-state index is 13.2. The molecule has 2 aromatic carbocycles. The summed E-state index contributed by atoms with van der Waals surface area (Å²) >= 11 is 0. The molecule has 0 atom stereocenters. The van der Waals surface area contributed by atoms with Gasteiger partial charge in [0.25, 0.3) is 5.91 Å². The molecule has 0 saturated heterocycles. The number of amides is 1. The van der Waals surface area contributed by atoms with E-state index in [9.17, 15) is 13.6 Å². The summed E-state index contributed by atoms with van der Waals surface area (Å²) in [5, 5.41) is 7.88. The highest BCUT2D eigenvalue weighted by Gasteiger charge is 2.19. The molecule has 0 aliphatic heterocycles. The van der Waals surface area contributed by atoms with Crippen LogP contribution in [0.4, 0.5) is 14.5 Å². The number of carbonyl (C=O) groups is 1. The van der Waals surface area contributed by atoms with E-state index in [2.05, 4.69) is 15.4 Å². The Morgan fingerprint density at radius 2 is 1.82 bits per heavy atom. The van der Waals surface area contributed by atoms with E-state index in [1.54, 1.807) is 55.1 Å². The number of benzene rings is 2. The van der Waals surface area contributed by atoms with Gasteiger partial charge in [0.1, 0.15) is 11.5 Å². The van der Waals surface area contributed by atoms with Crippen LogP contribution in [0.1, 0.15) is 21.7 Å². The predicted octanol–water partition coefficient (Wildman–Crippen LogP) is 5.11. The van der Waals surface area contributed by atoms with E-state index in [0.29, 0.717) is 50.5 Å². The molecule has 0 aliphatic rings. The lowest BCUT2D eigenvalue weighted by Gasteiger charge is -2.14. The number of aryl methyl sites for hydroxylation is 3. The number of rotatable bonds is 6. The monoisotopic (exact) mass is 452 g/mol. The van der Waals surface area contributed by atoms with Gasteiger partial charge < -0.3 is 14.8 Å².